The van der Waals surface area contributed by atoms with Crippen molar-refractivity contribution in [2.45, 2.75) is 19.9 Å². The van der Waals surface area contributed by atoms with Crippen LogP contribution in [-0.4, -0.2) is 12.0 Å². The van der Waals surface area contributed by atoms with Crippen LogP contribution < -0.4 is 10.1 Å². The minimum atomic E-state index is -0.381. The minimum Gasteiger partial charge on any atom is -0.496 e. The van der Waals surface area contributed by atoms with Gasteiger partial charge in [0.15, 0.2) is 0 Å². The van der Waals surface area contributed by atoms with Gasteiger partial charge in [-0.05, 0) is 43.2 Å². The average molecular weight is 286 g/mol. The summed E-state index contributed by atoms with van der Waals surface area (Å²) < 4.78 is 5.23. The van der Waals surface area contributed by atoms with Gasteiger partial charge in [-0.3, -0.25) is 10.1 Å². The van der Waals surface area contributed by atoms with E-state index in [1.165, 1.54) is 6.07 Å². The Morgan fingerprint density at radius 3 is 2.62 bits per heavy atom. The van der Waals surface area contributed by atoms with Crippen LogP contribution in [0, 0.1) is 17.0 Å². The quantitative estimate of drug-likeness (QED) is 0.664. The molecule has 5 nitrogen and oxygen atoms in total. The highest BCUT2D eigenvalue weighted by molar-refractivity contribution is 5.52. The summed E-state index contributed by atoms with van der Waals surface area (Å²) in [6.07, 6.45) is 0. The lowest BCUT2D eigenvalue weighted by molar-refractivity contribution is -0.384. The van der Waals surface area contributed by atoms with Gasteiger partial charge in [-0.15, -0.1) is 0 Å². The van der Waals surface area contributed by atoms with Crippen LogP contribution >= 0.6 is 0 Å². The van der Waals surface area contributed by atoms with E-state index in [9.17, 15) is 10.1 Å². The Kier molecular flexibility index (Phi) is 4.42. The van der Waals surface area contributed by atoms with Crippen molar-refractivity contribution in [3.63, 3.8) is 0 Å². The van der Waals surface area contributed by atoms with E-state index in [1.807, 2.05) is 38.1 Å². The predicted molar refractivity (Wildman–Crippen MR) is 82.9 cm³/mol. The van der Waals surface area contributed by atoms with Gasteiger partial charge in [0.25, 0.3) is 5.69 Å². The van der Waals surface area contributed by atoms with E-state index in [4.69, 9.17) is 4.74 Å². The molecular formula is C16H18N2O3. The van der Waals surface area contributed by atoms with E-state index in [0.717, 1.165) is 22.6 Å². The predicted octanol–water partition coefficient (Wildman–Crippen LogP) is 4.08. The lowest BCUT2D eigenvalue weighted by atomic mass is 10.1. The number of methoxy groups -OCH3 is 1. The summed E-state index contributed by atoms with van der Waals surface area (Å²) in [6, 6.07) is 12.5. The SMILES string of the molecule is COc1ccc(NC(C)c2cccc([N+](=O)[O-])c2)cc1C. The second-order valence-electron chi connectivity index (χ2n) is 4.90. The van der Waals surface area contributed by atoms with Gasteiger partial charge < -0.3 is 10.1 Å². The molecule has 0 bridgehead atoms. The summed E-state index contributed by atoms with van der Waals surface area (Å²) >= 11 is 0. The first-order chi connectivity index (χ1) is 10.0. The molecule has 0 heterocycles. The number of hydrogen-bond acceptors (Lipinski definition) is 4. The molecule has 21 heavy (non-hydrogen) atoms. The number of rotatable bonds is 5. The van der Waals surface area contributed by atoms with Crippen LogP contribution in [0.15, 0.2) is 42.5 Å². The first-order valence-electron chi connectivity index (χ1n) is 6.67. The van der Waals surface area contributed by atoms with Crippen LogP contribution in [0.4, 0.5) is 11.4 Å². The molecule has 1 atom stereocenters. The van der Waals surface area contributed by atoms with E-state index in [1.54, 1.807) is 19.2 Å². The molecule has 110 valence electrons. The molecule has 0 aliphatic heterocycles. The van der Waals surface area contributed by atoms with Crippen molar-refractivity contribution in [1.29, 1.82) is 0 Å². The van der Waals surface area contributed by atoms with Gasteiger partial charge in [0.05, 0.1) is 12.0 Å². The third-order valence-corrected chi connectivity index (χ3v) is 3.36. The van der Waals surface area contributed by atoms with Crippen molar-refractivity contribution >= 4 is 11.4 Å². The summed E-state index contributed by atoms with van der Waals surface area (Å²) in [5.74, 6) is 0.837. The van der Waals surface area contributed by atoms with E-state index in [-0.39, 0.29) is 16.7 Å². The van der Waals surface area contributed by atoms with Gasteiger partial charge in [-0.25, -0.2) is 0 Å². The molecule has 0 saturated heterocycles. The highest BCUT2D eigenvalue weighted by Gasteiger charge is 2.11. The zero-order valence-electron chi connectivity index (χ0n) is 12.3. The highest BCUT2D eigenvalue weighted by atomic mass is 16.6. The van der Waals surface area contributed by atoms with Gasteiger partial charge in [0, 0.05) is 23.9 Å². The maximum Gasteiger partial charge on any atom is 0.269 e. The van der Waals surface area contributed by atoms with E-state index in [0.29, 0.717) is 0 Å². The Morgan fingerprint density at radius 1 is 1.24 bits per heavy atom. The summed E-state index contributed by atoms with van der Waals surface area (Å²) in [4.78, 5) is 10.4. The molecule has 5 heteroatoms. The molecule has 2 aromatic carbocycles. The fourth-order valence-electron chi connectivity index (χ4n) is 2.21. The molecule has 2 aromatic rings. The second-order valence-corrected chi connectivity index (χ2v) is 4.90. The maximum atomic E-state index is 10.8. The van der Waals surface area contributed by atoms with Crippen molar-refractivity contribution in [2.75, 3.05) is 12.4 Å². The number of non-ortho nitro benzene ring substituents is 1. The third kappa shape index (κ3) is 3.51. The highest BCUT2D eigenvalue weighted by Crippen LogP contribution is 2.26. The lowest BCUT2D eigenvalue weighted by Crippen LogP contribution is -2.07. The number of nitro groups is 1. The van der Waals surface area contributed by atoms with Crippen LogP contribution in [0.5, 0.6) is 5.75 Å². The average Bonchev–Trinajstić information content (AvgIpc) is 2.47. The lowest BCUT2D eigenvalue weighted by Gasteiger charge is -2.16. The Bertz CT molecular complexity index is 656. The maximum absolute atomic E-state index is 10.8. The number of nitrogens with one attached hydrogen (secondary N) is 1. The van der Waals surface area contributed by atoms with E-state index < -0.39 is 0 Å². The number of benzene rings is 2. The van der Waals surface area contributed by atoms with Crippen molar-refractivity contribution in [3.05, 3.63) is 63.7 Å². The molecule has 1 N–H and O–H groups in total. The Hall–Kier alpha value is -2.56. The molecule has 0 aromatic heterocycles. The first-order valence-corrected chi connectivity index (χ1v) is 6.67. The standard InChI is InChI=1S/C16H18N2O3/c1-11-9-14(7-8-16(11)21-3)17-12(2)13-5-4-6-15(10-13)18(19)20/h4-10,12,17H,1-3H3. The Morgan fingerprint density at radius 2 is 2.00 bits per heavy atom. The fourth-order valence-corrected chi connectivity index (χ4v) is 2.21. The Balaban J connectivity index is 2.17. The molecule has 0 spiro atoms. The van der Waals surface area contributed by atoms with E-state index in [2.05, 4.69) is 5.32 Å². The molecule has 0 amide bonds. The second kappa shape index (κ2) is 6.26. The number of ether oxygens (including phenoxy) is 1. The number of anilines is 1. The summed E-state index contributed by atoms with van der Waals surface area (Å²) in [6.45, 7) is 3.95. The molecule has 0 fully saturated rings. The zero-order chi connectivity index (χ0) is 15.4. The van der Waals surface area contributed by atoms with Crippen LogP contribution in [-0.2, 0) is 0 Å². The minimum absolute atomic E-state index is 0.0299. The topological polar surface area (TPSA) is 64.4 Å². The number of nitro benzene ring substituents is 1. The zero-order valence-corrected chi connectivity index (χ0v) is 12.3. The normalized spacial score (nSPS) is 11.8. The van der Waals surface area contributed by atoms with Gasteiger partial charge in [0.2, 0.25) is 0 Å². The number of aryl methyl sites for hydroxylation is 1. The molecule has 0 saturated carbocycles. The Labute approximate surface area is 123 Å². The van der Waals surface area contributed by atoms with Crippen LogP contribution in [0.2, 0.25) is 0 Å². The van der Waals surface area contributed by atoms with Crippen LogP contribution in [0.1, 0.15) is 24.1 Å². The van der Waals surface area contributed by atoms with E-state index >= 15 is 0 Å². The van der Waals surface area contributed by atoms with Crippen molar-refractivity contribution < 1.29 is 9.66 Å². The smallest absolute Gasteiger partial charge is 0.269 e. The van der Waals surface area contributed by atoms with Gasteiger partial charge >= 0.3 is 0 Å². The summed E-state index contributed by atoms with van der Waals surface area (Å²) in [5.41, 5.74) is 2.96. The van der Waals surface area contributed by atoms with Crippen LogP contribution in [0.3, 0.4) is 0 Å². The molecule has 0 aliphatic carbocycles. The van der Waals surface area contributed by atoms with Gasteiger partial charge in [0.1, 0.15) is 5.75 Å². The molecule has 2 rings (SSSR count). The van der Waals surface area contributed by atoms with Crippen molar-refractivity contribution in [1.82, 2.24) is 0 Å². The first kappa shape index (κ1) is 14.8. The largest absolute Gasteiger partial charge is 0.496 e. The molecule has 0 radical (unpaired) electrons. The molecule has 0 aliphatic rings. The fraction of sp³-hybridized carbons (Fsp3) is 0.250. The van der Waals surface area contributed by atoms with Crippen LogP contribution in [0.25, 0.3) is 0 Å². The van der Waals surface area contributed by atoms with Gasteiger partial charge in [-0.1, -0.05) is 12.1 Å². The third-order valence-electron chi connectivity index (χ3n) is 3.36. The number of nitrogens with zero attached hydrogens (tertiary/aromatic N) is 1. The molecular weight excluding hydrogens is 268 g/mol. The summed E-state index contributed by atoms with van der Waals surface area (Å²) in [5, 5.41) is 14.2. The van der Waals surface area contributed by atoms with Crippen molar-refractivity contribution in [2.24, 2.45) is 0 Å². The summed E-state index contributed by atoms with van der Waals surface area (Å²) in [7, 11) is 1.64. The van der Waals surface area contributed by atoms with Crippen molar-refractivity contribution in [3.8, 4) is 5.75 Å². The van der Waals surface area contributed by atoms with Gasteiger partial charge in [-0.2, -0.15) is 0 Å². The monoisotopic (exact) mass is 286 g/mol. The molecule has 1 unspecified atom stereocenters. The number of hydrogen-bond donors (Lipinski definition) is 1.